The average Bonchev–Trinajstić information content (AvgIpc) is 2.79. The highest BCUT2D eigenvalue weighted by Crippen LogP contribution is 2.23. The molecule has 2 rings (SSSR count). The van der Waals surface area contributed by atoms with Gasteiger partial charge in [-0.2, -0.15) is 0 Å². The molecular formula is C14H13FN2O3S. The van der Waals surface area contributed by atoms with Crippen molar-refractivity contribution >= 4 is 28.3 Å². The lowest BCUT2D eigenvalue weighted by atomic mass is 10.2. The smallest absolute Gasteiger partial charge is 0.310 e. The third-order valence-electron chi connectivity index (χ3n) is 2.75. The lowest BCUT2D eigenvalue weighted by Crippen LogP contribution is -2.11. The SMILES string of the molecule is COC(=O)Cc1sc(NC(=O)c2ccc(F)cc2)nc1C. The van der Waals surface area contributed by atoms with Gasteiger partial charge in [-0.1, -0.05) is 0 Å². The zero-order chi connectivity index (χ0) is 15.4. The Morgan fingerprint density at radius 1 is 1.33 bits per heavy atom. The van der Waals surface area contributed by atoms with Gasteiger partial charge in [0.25, 0.3) is 5.91 Å². The number of nitrogens with zero attached hydrogens (tertiary/aromatic N) is 1. The van der Waals surface area contributed by atoms with E-state index in [1.54, 1.807) is 6.92 Å². The lowest BCUT2D eigenvalue weighted by Gasteiger charge is -2.01. The van der Waals surface area contributed by atoms with Gasteiger partial charge in [0.1, 0.15) is 5.82 Å². The predicted molar refractivity (Wildman–Crippen MR) is 76.9 cm³/mol. The van der Waals surface area contributed by atoms with Gasteiger partial charge < -0.3 is 4.74 Å². The first-order valence-corrected chi connectivity index (χ1v) is 6.91. The number of halogens is 1. The number of nitrogens with one attached hydrogen (secondary N) is 1. The van der Waals surface area contributed by atoms with Gasteiger partial charge in [-0.3, -0.25) is 14.9 Å². The molecule has 0 fully saturated rings. The van der Waals surface area contributed by atoms with E-state index >= 15 is 0 Å². The Morgan fingerprint density at radius 2 is 2.00 bits per heavy atom. The van der Waals surface area contributed by atoms with Crippen LogP contribution in [0.1, 0.15) is 20.9 Å². The number of rotatable bonds is 4. The van der Waals surface area contributed by atoms with E-state index in [1.807, 2.05) is 0 Å². The van der Waals surface area contributed by atoms with Crippen LogP contribution in [0.3, 0.4) is 0 Å². The summed E-state index contributed by atoms with van der Waals surface area (Å²) in [5, 5.41) is 3.01. The van der Waals surface area contributed by atoms with Gasteiger partial charge in [-0.25, -0.2) is 9.37 Å². The third kappa shape index (κ3) is 3.85. The molecule has 0 aliphatic rings. The fraction of sp³-hybridized carbons (Fsp3) is 0.214. The third-order valence-corrected chi connectivity index (χ3v) is 3.82. The van der Waals surface area contributed by atoms with E-state index < -0.39 is 5.82 Å². The Kier molecular flexibility index (Phi) is 4.64. The largest absolute Gasteiger partial charge is 0.469 e. The highest BCUT2D eigenvalue weighted by molar-refractivity contribution is 7.16. The van der Waals surface area contributed by atoms with Gasteiger partial charge >= 0.3 is 5.97 Å². The number of thiazole rings is 1. The molecule has 0 atom stereocenters. The van der Waals surface area contributed by atoms with Crippen LogP contribution in [0.5, 0.6) is 0 Å². The Balaban J connectivity index is 2.09. The molecule has 1 amide bonds. The van der Waals surface area contributed by atoms with Gasteiger partial charge in [-0.05, 0) is 31.2 Å². The van der Waals surface area contributed by atoms with Gasteiger partial charge in [0.2, 0.25) is 0 Å². The summed E-state index contributed by atoms with van der Waals surface area (Å²) in [6, 6.07) is 5.20. The number of aromatic nitrogens is 1. The van der Waals surface area contributed by atoms with Crippen molar-refractivity contribution in [1.82, 2.24) is 4.98 Å². The first-order valence-electron chi connectivity index (χ1n) is 6.09. The number of carbonyl (C=O) groups excluding carboxylic acids is 2. The Bertz CT molecular complexity index is 667. The molecule has 0 unspecified atom stereocenters. The zero-order valence-corrected chi connectivity index (χ0v) is 12.3. The Hall–Kier alpha value is -2.28. The van der Waals surface area contributed by atoms with Crippen molar-refractivity contribution in [3.63, 3.8) is 0 Å². The summed E-state index contributed by atoms with van der Waals surface area (Å²) < 4.78 is 17.4. The first-order chi connectivity index (χ1) is 9.99. The molecule has 21 heavy (non-hydrogen) atoms. The zero-order valence-electron chi connectivity index (χ0n) is 11.5. The normalized spacial score (nSPS) is 10.2. The number of esters is 1. The molecule has 0 aliphatic carbocycles. The second kappa shape index (κ2) is 6.45. The number of hydrogen-bond donors (Lipinski definition) is 1. The number of anilines is 1. The summed E-state index contributed by atoms with van der Waals surface area (Å²) in [5.41, 5.74) is 0.999. The monoisotopic (exact) mass is 308 g/mol. The van der Waals surface area contributed by atoms with Crippen LogP contribution >= 0.6 is 11.3 Å². The first kappa shape index (κ1) is 15.1. The summed E-state index contributed by atoms with van der Waals surface area (Å²) in [4.78, 5) is 28.1. The van der Waals surface area contributed by atoms with Crippen molar-refractivity contribution in [1.29, 1.82) is 0 Å². The van der Waals surface area contributed by atoms with Gasteiger partial charge in [0.15, 0.2) is 5.13 Å². The minimum Gasteiger partial charge on any atom is -0.469 e. The minimum atomic E-state index is -0.406. The minimum absolute atomic E-state index is 0.117. The molecule has 0 spiro atoms. The molecule has 0 bridgehead atoms. The van der Waals surface area contributed by atoms with E-state index in [0.717, 1.165) is 4.88 Å². The van der Waals surface area contributed by atoms with E-state index in [2.05, 4.69) is 15.0 Å². The number of methoxy groups -OCH3 is 1. The maximum absolute atomic E-state index is 12.8. The summed E-state index contributed by atoms with van der Waals surface area (Å²) in [6.45, 7) is 1.75. The van der Waals surface area contributed by atoms with E-state index in [-0.39, 0.29) is 18.3 Å². The van der Waals surface area contributed by atoms with Crippen molar-refractivity contribution < 1.29 is 18.7 Å². The maximum Gasteiger partial charge on any atom is 0.310 e. The predicted octanol–water partition coefficient (Wildman–Crippen LogP) is 2.56. The number of benzene rings is 1. The van der Waals surface area contributed by atoms with E-state index in [4.69, 9.17) is 0 Å². The van der Waals surface area contributed by atoms with Crippen molar-refractivity contribution in [2.45, 2.75) is 13.3 Å². The lowest BCUT2D eigenvalue weighted by molar-refractivity contribution is -0.139. The summed E-state index contributed by atoms with van der Waals surface area (Å²) in [6.07, 6.45) is 0.117. The fourth-order valence-electron chi connectivity index (χ4n) is 1.62. The molecule has 1 N–H and O–H groups in total. The summed E-state index contributed by atoms with van der Waals surface area (Å²) in [5.74, 6) is -1.15. The quantitative estimate of drug-likeness (QED) is 0.881. The summed E-state index contributed by atoms with van der Waals surface area (Å²) in [7, 11) is 1.32. The second-order valence-corrected chi connectivity index (χ2v) is 5.33. The van der Waals surface area contributed by atoms with Crippen LogP contribution in [0.2, 0.25) is 0 Å². The second-order valence-electron chi connectivity index (χ2n) is 4.24. The maximum atomic E-state index is 12.8. The van der Waals surface area contributed by atoms with Crippen LogP contribution in [0.4, 0.5) is 9.52 Å². The molecule has 0 saturated carbocycles. The van der Waals surface area contributed by atoms with Crippen LogP contribution < -0.4 is 5.32 Å². The van der Waals surface area contributed by atoms with Gasteiger partial charge in [0.05, 0.1) is 19.2 Å². The van der Waals surface area contributed by atoms with Crippen LogP contribution in [-0.4, -0.2) is 24.0 Å². The standard InChI is InChI=1S/C14H13FN2O3S/c1-8-11(7-12(18)20-2)21-14(16-8)17-13(19)9-3-5-10(15)6-4-9/h3-6H,7H2,1-2H3,(H,16,17,19). The number of carbonyl (C=O) groups is 2. The number of amides is 1. The molecule has 0 radical (unpaired) electrons. The van der Waals surface area contributed by atoms with E-state index in [0.29, 0.717) is 16.4 Å². The fourth-order valence-corrected chi connectivity index (χ4v) is 2.56. The van der Waals surface area contributed by atoms with Crippen molar-refractivity contribution in [3.05, 3.63) is 46.2 Å². The molecule has 1 aromatic heterocycles. The van der Waals surface area contributed by atoms with Crippen LogP contribution in [0.25, 0.3) is 0 Å². The highest BCUT2D eigenvalue weighted by atomic mass is 32.1. The average molecular weight is 308 g/mol. The molecule has 7 heteroatoms. The molecule has 1 aromatic carbocycles. The van der Waals surface area contributed by atoms with E-state index in [9.17, 15) is 14.0 Å². The molecule has 110 valence electrons. The topological polar surface area (TPSA) is 68.3 Å². The molecule has 0 saturated heterocycles. The van der Waals surface area contributed by atoms with Gasteiger partial charge in [-0.15, -0.1) is 11.3 Å². The molecule has 0 aliphatic heterocycles. The number of ether oxygens (including phenoxy) is 1. The van der Waals surface area contributed by atoms with Crippen LogP contribution in [0.15, 0.2) is 24.3 Å². The molecule has 5 nitrogen and oxygen atoms in total. The van der Waals surface area contributed by atoms with Gasteiger partial charge in [0, 0.05) is 10.4 Å². The van der Waals surface area contributed by atoms with Crippen molar-refractivity contribution in [3.8, 4) is 0 Å². The highest BCUT2D eigenvalue weighted by Gasteiger charge is 2.14. The number of aryl methyl sites for hydroxylation is 1. The van der Waals surface area contributed by atoms with Crippen molar-refractivity contribution in [2.24, 2.45) is 0 Å². The van der Waals surface area contributed by atoms with Crippen molar-refractivity contribution in [2.75, 3.05) is 12.4 Å². The Morgan fingerprint density at radius 3 is 2.62 bits per heavy atom. The molecular weight excluding hydrogens is 295 g/mol. The van der Waals surface area contributed by atoms with Crippen LogP contribution in [0, 0.1) is 12.7 Å². The number of hydrogen-bond acceptors (Lipinski definition) is 5. The summed E-state index contributed by atoms with van der Waals surface area (Å²) >= 11 is 1.21. The van der Waals surface area contributed by atoms with Crippen LogP contribution in [-0.2, 0) is 16.0 Å². The van der Waals surface area contributed by atoms with E-state index in [1.165, 1.54) is 42.7 Å². The Labute approximate surface area is 124 Å². The molecule has 1 heterocycles. The molecule has 2 aromatic rings.